The van der Waals surface area contributed by atoms with Gasteiger partial charge in [-0.25, -0.2) is 9.67 Å². The second-order valence-corrected chi connectivity index (χ2v) is 6.05. The van der Waals surface area contributed by atoms with E-state index in [1.807, 2.05) is 54.4 Å². The lowest BCUT2D eigenvalue weighted by molar-refractivity contribution is 0.629. The number of nitrogens with zero attached hydrogens (tertiary/aromatic N) is 3. The highest BCUT2D eigenvalue weighted by Gasteiger charge is 2.15. The predicted molar refractivity (Wildman–Crippen MR) is 88.4 cm³/mol. The molecule has 0 fully saturated rings. The monoisotopic (exact) mass is 314 g/mol. The number of benzene rings is 1. The van der Waals surface area contributed by atoms with Gasteiger partial charge in [-0.1, -0.05) is 18.2 Å². The van der Waals surface area contributed by atoms with E-state index in [1.54, 1.807) is 22.2 Å². The lowest BCUT2D eigenvalue weighted by Gasteiger charge is -2.07. The third kappa shape index (κ3) is 2.75. The highest BCUT2D eigenvalue weighted by atomic mass is 32.1. The Balaban J connectivity index is 1.85. The van der Waals surface area contributed by atoms with Crippen LogP contribution >= 0.6 is 11.3 Å². The average Bonchev–Trinajstić information content (AvgIpc) is 3.11. The molecule has 6 heteroatoms. The minimum atomic E-state index is 0.0258. The predicted octanol–water partition coefficient (Wildman–Crippen LogP) is 2.23. The summed E-state index contributed by atoms with van der Waals surface area (Å²) in [4.78, 5) is 16.9. The van der Waals surface area contributed by atoms with Crippen molar-refractivity contribution in [2.24, 2.45) is 7.05 Å². The Morgan fingerprint density at radius 1 is 1.23 bits per heavy atom. The number of rotatable bonds is 5. The van der Waals surface area contributed by atoms with Crippen molar-refractivity contribution in [3.05, 3.63) is 68.5 Å². The minimum Gasteiger partial charge on any atom is -0.306 e. The van der Waals surface area contributed by atoms with E-state index in [0.29, 0.717) is 13.1 Å². The molecule has 2 heterocycles. The van der Waals surface area contributed by atoms with Gasteiger partial charge in [0.05, 0.1) is 11.3 Å². The lowest BCUT2D eigenvalue weighted by Crippen LogP contribution is -2.23. The van der Waals surface area contributed by atoms with Gasteiger partial charge >= 0.3 is 0 Å². The molecule has 0 aliphatic rings. The van der Waals surface area contributed by atoms with Crippen LogP contribution in [0, 0.1) is 6.92 Å². The molecule has 22 heavy (non-hydrogen) atoms. The Labute approximate surface area is 132 Å². The molecule has 2 aromatic heterocycles. The van der Waals surface area contributed by atoms with Crippen LogP contribution in [0.15, 0.2) is 46.7 Å². The zero-order valence-electron chi connectivity index (χ0n) is 12.6. The highest BCUT2D eigenvalue weighted by Crippen LogP contribution is 2.10. The molecule has 0 unspecified atom stereocenters. The van der Waals surface area contributed by atoms with Crippen molar-refractivity contribution in [1.29, 1.82) is 0 Å². The number of aromatic nitrogens is 3. The molecular weight excluding hydrogens is 296 g/mol. The molecule has 1 N–H and O–H groups in total. The molecule has 3 rings (SSSR count). The van der Waals surface area contributed by atoms with Crippen LogP contribution in [0.4, 0.5) is 0 Å². The number of nitrogens with one attached hydrogen (secondary N) is 1. The molecule has 0 aliphatic heterocycles. The number of hydrogen-bond donors (Lipinski definition) is 1. The van der Waals surface area contributed by atoms with Crippen LogP contribution in [0.25, 0.3) is 5.69 Å². The summed E-state index contributed by atoms with van der Waals surface area (Å²) in [6.07, 6.45) is 1.79. The van der Waals surface area contributed by atoms with E-state index in [2.05, 4.69) is 10.3 Å². The van der Waals surface area contributed by atoms with Gasteiger partial charge in [-0.2, -0.15) is 0 Å². The molecule has 5 nitrogen and oxygen atoms in total. The van der Waals surface area contributed by atoms with E-state index in [0.717, 1.165) is 22.0 Å². The second kappa shape index (κ2) is 6.29. The fraction of sp³-hybridized carbons (Fsp3) is 0.250. The molecule has 0 atom stereocenters. The molecule has 0 amide bonds. The Kier molecular flexibility index (Phi) is 4.22. The van der Waals surface area contributed by atoms with Crippen molar-refractivity contribution >= 4 is 11.3 Å². The van der Waals surface area contributed by atoms with Crippen molar-refractivity contribution in [1.82, 2.24) is 19.7 Å². The molecule has 0 saturated heterocycles. The topological polar surface area (TPSA) is 51.9 Å². The van der Waals surface area contributed by atoms with Gasteiger partial charge in [0.1, 0.15) is 5.01 Å². The van der Waals surface area contributed by atoms with E-state index in [-0.39, 0.29) is 5.56 Å². The first kappa shape index (κ1) is 14.7. The first-order valence-corrected chi connectivity index (χ1v) is 7.98. The summed E-state index contributed by atoms with van der Waals surface area (Å²) in [5, 5.41) is 6.28. The van der Waals surface area contributed by atoms with Crippen molar-refractivity contribution < 1.29 is 0 Å². The maximum absolute atomic E-state index is 12.7. The van der Waals surface area contributed by atoms with Crippen molar-refractivity contribution in [3.63, 3.8) is 0 Å². The summed E-state index contributed by atoms with van der Waals surface area (Å²) in [7, 11) is 1.91. The molecule has 0 spiro atoms. The summed E-state index contributed by atoms with van der Waals surface area (Å²) in [6, 6.07) is 9.69. The van der Waals surface area contributed by atoms with E-state index in [4.69, 9.17) is 0 Å². The van der Waals surface area contributed by atoms with Gasteiger partial charge < -0.3 is 5.32 Å². The first-order valence-electron chi connectivity index (χ1n) is 7.10. The Morgan fingerprint density at radius 2 is 2.00 bits per heavy atom. The molecule has 3 aromatic rings. The zero-order chi connectivity index (χ0) is 15.5. The second-order valence-electron chi connectivity index (χ2n) is 5.07. The third-order valence-electron chi connectivity index (χ3n) is 3.73. The van der Waals surface area contributed by atoms with Crippen LogP contribution in [0.5, 0.6) is 0 Å². The maximum Gasteiger partial charge on any atom is 0.276 e. The summed E-state index contributed by atoms with van der Waals surface area (Å²) in [6.45, 7) is 3.19. The van der Waals surface area contributed by atoms with Crippen LogP contribution < -0.4 is 10.9 Å². The number of hydrogen-bond acceptors (Lipinski definition) is 4. The number of para-hydroxylation sites is 1. The summed E-state index contributed by atoms with van der Waals surface area (Å²) < 4.78 is 3.60. The Hall–Kier alpha value is -2.18. The zero-order valence-corrected chi connectivity index (χ0v) is 13.4. The quantitative estimate of drug-likeness (QED) is 0.786. The van der Waals surface area contributed by atoms with Gasteiger partial charge in [0.15, 0.2) is 0 Å². The van der Waals surface area contributed by atoms with Crippen LogP contribution in [-0.4, -0.2) is 14.3 Å². The van der Waals surface area contributed by atoms with Gasteiger partial charge in [0, 0.05) is 37.4 Å². The van der Waals surface area contributed by atoms with Crippen LogP contribution in [0.1, 0.15) is 16.3 Å². The van der Waals surface area contributed by atoms with Gasteiger partial charge in [0.2, 0.25) is 0 Å². The Morgan fingerprint density at radius 3 is 2.68 bits per heavy atom. The summed E-state index contributed by atoms with van der Waals surface area (Å²) >= 11 is 1.61. The molecule has 0 radical (unpaired) electrons. The average molecular weight is 314 g/mol. The van der Waals surface area contributed by atoms with E-state index in [1.165, 1.54) is 0 Å². The smallest absolute Gasteiger partial charge is 0.276 e. The lowest BCUT2D eigenvalue weighted by atomic mass is 10.2. The molecule has 114 valence electrons. The molecule has 0 saturated carbocycles. The normalized spacial score (nSPS) is 11.0. The van der Waals surface area contributed by atoms with E-state index in [9.17, 15) is 4.79 Å². The van der Waals surface area contributed by atoms with E-state index >= 15 is 0 Å². The van der Waals surface area contributed by atoms with Gasteiger partial charge in [-0.05, 0) is 19.1 Å². The third-order valence-corrected chi connectivity index (χ3v) is 4.51. The van der Waals surface area contributed by atoms with Gasteiger partial charge in [-0.15, -0.1) is 11.3 Å². The van der Waals surface area contributed by atoms with Crippen LogP contribution in [0.3, 0.4) is 0 Å². The SMILES string of the molecule is Cc1c(CNCc2nccs2)c(=O)n(-c2ccccc2)n1C. The van der Waals surface area contributed by atoms with Crippen molar-refractivity contribution in [2.75, 3.05) is 0 Å². The van der Waals surface area contributed by atoms with Crippen molar-refractivity contribution in [2.45, 2.75) is 20.0 Å². The fourth-order valence-corrected chi connectivity index (χ4v) is 3.05. The molecular formula is C16H18N4OS. The van der Waals surface area contributed by atoms with Gasteiger partial charge in [-0.3, -0.25) is 9.48 Å². The van der Waals surface area contributed by atoms with Crippen LogP contribution in [-0.2, 0) is 20.1 Å². The Bertz CT molecular complexity index is 803. The van der Waals surface area contributed by atoms with Gasteiger partial charge in [0.25, 0.3) is 5.56 Å². The summed E-state index contributed by atoms with van der Waals surface area (Å²) in [5.41, 5.74) is 2.67. The van der Waals surface area contributed by atoms with E-state index < -0.39 is 0 Å². The highest BCUT2D eigenvalue weighted by molar-refractivity contribution is 7.09. The molecule has 0 bridgehead atoms. The van der Waals surface area contributed by atoms with Crippen molar-refractivity contribution in [3.8, 4) is 5.69 Å². The largest absolute Gasteiger partial charge is 0.306 e. The summed E-state index contributed by atoms with van der Waals surface area (Å²) in [5.74, 6) is 0. The maximum atomic E-state index is 12.7. The fourth-order valence-electron chi connectivity index (χ4n) is 2.46. The van der Waals surface area contributed by atoms with Crippen LogP contribution in [0.2, 0.25) is 0 Å². The molecule has 1 aromatic carbocycles. The molecule has 0 aliphatic carbocycles. The number of thiazole rings is 1. The minimum absolute atomic E-state index is 0.0258. The standard InChI is InChI=1S/C16H18N4OS/c1-12-14(10-17-11-15-18-8-9-22-15)16(21)20(19(12)2)13-6-4-3-5-7-13/h3-9,17H,10-11H2,1-2H3. The first-order chi connectivity index (χ1) is 10.7.